The molecule has 0 atom stereocenters. The van der Waals surface area contributed by atoms with Crippen molar-refractivity contribution in [3.05, 3.63) is 5.69 Å². The molecule has 1 fully saturated rings. The van der Waals surface area contributed by atoms with E-state index in [0.29, 0.717) is 0 Å². The van der Waals surface area contributed by atoms with E-state index in [1.54, 1.807) is 0 Å². The minimum absolute atomic E-state index is 0.736. The number of nitrogens with one attached hydrogen (secondary N) is 1. The number of hydrogen-bond donors (Lipinski definition) is 1. The molecule has 0 unspecified atom stereocenters. The van der Waals surface area contributed by atoms with E-state index in [4.69, 9.17) is 0 Å². The van der Waals surface area contributed by atoms with Crippen LogP contribution < -0.4 is 5.32 Å². The monoisotopic (exact) mass is 268 g/mol. The fourth-order valence-electron chi connectivity index (χ4n) is 2.57. The SMILES string of the molecule is CCCNc1snnc1CN(C)C1CCCCC1. The van der Waals surface area contributed by atoms with Gasteiger partial charge >= 0.3 is 0 Å². The molecule has 0 saturated heterocycles. The Balaban J connectivity index is 1.89. The van der Waals surface area contributed by atoms with Crippen LogP contribution in [0.5, 0.6) is 0 Å². The van der Waals surface area contributed by atoms with Crippen LogP contribution in [-0.4, -0.2) is 34.1 Å². The zero-order valence-electron chi connectivity index (χ0n) is 11.5. The Morgan fingerprint density at radius 2 is 2.11 bits per heavy atom. The zero-order valence-corrected chi connectivity index (χ0v) is 12.3. The summed E-state index contributed by atoms with van der Waals surface area (Å²) >= 11 is 1.48. The summed E-state index contributed by atoms with van der Waals surface area (Å²) < 4.78 is 4.08. The second kappa shape index (κ2) is 7.04. The van der Waals surface area contributed by atoms with Gasteiger partial charge in [-0.15, -0.1) is 5.10 Å². The van der Waals surface area contributed by atoms with Crippen LogP contribution in [0.25, 0.3) is 0 Å². The minimum Gasteiger partial charge on any atom is -0.374 e. The average Bonchev–Trinajstić information content (AvgIpc) is 2.84. The van der Waals surface area contributed by atoms with E-state index in [9.17, 15) is 0 Å². The lowest BCUT2D eigenvalue weighted by Crippen LogP contribution is -2.33. The molecule has 0 spiro atoms. The van der Waals surface area contributed by atoms with Gasteiger partial charge in [0.05, 0.1) is 0 Å². The molecule has 5 heteroatoms. The first-order valence-corrected chi connectivity index (χ1v) is 7.84. The van der Waals surface area contributed by atoms with Crippen molar-refractivity contribution in [2.45, 2.75) is 58.0 Å². The highest BCUT2D eigenvalue weighted by atomic mass is 32.1. The largest absolute Gasteiger partial charge is 0.374 e. The van der Waals surface area contributed by atoms with Gasteiger partial charge in [0.1, 0.15) is 10.7 Å². The zero-order chi connectivity index (χ0) is 12.8. The molecule has 2 rings (SSSR count). The lowest BCUT2D eigenvalue weighted by atomic mass is 9.94. The first kappa shape index (κ1) is 13.7. The molecule has 102 valence electrons. The molecular formula is C13H24N4S. The highest BCUT2D eigenvalue weighted by Gasteiger charge is 2.20. The average molecular weight is 268 g/mol. The van der Waals surface area contributed by atoms with E-state index in [1.165, 1.54) is 43.6 Å². The van der Waals surface area contributed by atoms with Gasteiger partial charge in [0, 0.05) is 30.7 Å². The number of hydrogen-bond acceptors (Lipinski definition) is 5. The summed E-state index contributed by atoms with van der Waals surface area (Å²) in [7, 11) is 2.22. The van der Waals surface area contributed by atoms with Gasteiger partial charge in [-0.2, -0.15) is 0 Å². The predicted molar refractivity (Wildman–Crippen MR) is 77.0 cm³/mol. The molecule has 1 saturated carbocycles. The molecule has 0 aromatic carbocycles. The standard InChI is InChI=1S/C13H24N4S/c1-3-9-14-13-12(15-16-18-13)10-17(2)11-7-5-4-6-8-11/h11,14H,3-10H2,1-2H3. The van der Waals surface area contributed by atoms with Gasteiger partial charge in [-0.05, 0) is 26.3 Å². The van der Waals surface area contributed by atoms with Crippen LogP contribution in [0.1, 0.15) is 51.1 Å². The van der Waals surface area contributed by atoms with Gasteiger partial charge in [0.15, 0.2) is 0 Å². The number of rotatable bonds is 6. The summed E-state index contributed by atoms with van der Waals surface area (Å²) in [4.78, 5) is 2.45. The van der Waals surface area contributed by atoms with E-state index >= 15 is 0 Å². The fraction of sp³-hybridized carbons (Fsp3) is 0.846. The molecule has 1 aliphatic rings. The maximum absolute atomic E-state index is 4.27. The second-order valence-corrected chi connectivity index (χ2v) is 5.94. The Morgan fingerprint density at radius 1 is 1.33 bits per heavy atom. The van der Waals surface area contributed by atoms with E-state index in [0.717, 1.165) is 36.2 Å². The maximum atomic E-state index is 4.27. The molecule has 1 heterocycles. The van der Waals surface area contributed by atoms with Crippen molar-refractivity contribution >= 4 is 16.5 Å². The van der Waals surface area contributed by atoms with Crippen LogP contribution in [0.3, 0.4) is 0 Å². The second-order valence-electron chi connectivity index (χ2n) is 5.18. The molecule has 1 aromatic rings. The third kappa shape index (κ3) is 3.65. The van der Waals surface area contributed by atoms with Crippen molar-refractivity contribution < 1.29 is 0 Å². The van der Waals surface area contributed by atoms with Crippen LogP contribution in [0, 0.1) is 0 Å². The van der Waals surface area contributed by atoms with Crippen molar-refractivity contribution in [2.24, 2.45) is 0 Å². The third-order valence-corrected chi connectivity index (χ3v) is 4.41. The van der Waals surface area contributed by atoms with Crippen molar-refractivity contribution in [2.75, 3.05) is 18.9 Å². The smallest absolute Gasteiger partial charge is 0.134 e. The summed E-state index contributed by atoms with van der Waals surface area (Å²) in [5.41, 5.74) is 1.11. The molecule has 0 bridgehead atoms. The first-order chi connectivity index (χ1) is 8.81. The lowest BCUT2D eigenvalue weighted by molar-refractivity contribution is 0.183. The van der Waals surface area contributed by atoms with E-state index < -0.39 is 0 Å². The third-order valence-electron chi connectivity index (χ3n) is 3.69. The summed E-state index contributed by atoms with van der Waals surface area (Å²) in [6, 6.07) is 0.736. The molecule has 1 aromatic heterocycles. The Hall–Kier alpha value is -0.680. The van der Waals surface area contributed by atoms with E-state index in [1.807, 2.05) is 0 Å². The number of anilines is 1. The normalized spacial score (nSPS) is 17.3. The number of aromatic nitrogens is 2. The Labute approximate surface area is 114 Å². The summed E-state index contributed by atoms with van der Waals surface area (Å²) in [5.74, 6) is 0. The van der Waals surface area contributed by atoms with E-state index in [2.05, 4.69) is 33.8 Å². The highest BCUT2D eigenvalue weighted by Crippen LogP contribution is 2.25. The van der Waals surface area contributed by atoms with Crippen LogP contribution in [0.4, 0.5) is 5.00 Å². The van der Waals surface area contributed by atoms with Crippen LogP contribution >= 0.6 is 11.5 Å². The number of nitrogens with zero attached hydrogens (tertiary/aromatic N) is 3. The van der Waals surface area contributed by atoms with Crippen LogP contribution in [0.2, 0.25) is 0 Å². The Bertz CT molecular complexity index is 347. The van der Waals surface area contributed by atoms with Crippen molar-refractivity contribution in [3.63, 3.8) is 0 Å². The van der Waals surface area contributed by atoms with Gasteiger partial charge < -0.3 is 5.32 Å². The molecule has 0 amide bonds. The van der Waals surface area contributed by atoms with Crippen LogP contribution in [0.15, 0.2) is 0 Å². The Kier molecular flexibility index (Phi) is 5.38. The van der Waals surface area contributed by atoms with Crippen molar-refractivity contribution in [1.82, 2.24) is 14.5 Å². The molecular weight excluding hydrogens is 244 g/mol. The molecule has 18 heavy (non-hydrogen) atoms. The quantitative estimate of drug-likeness (QED) is 0.860. The molecule has 1 aliphatic carbocycles. The van der Waals surface area contributed by atoms with Gasteiger partial charge in [-0.25, -0.2) is 0 Å². The molecule has 0 radical (unpaired) electrons. The summed E-state index contributed by atoms with van der Waals surface area (Å²) in [6.07, 6.45) is 7.98. The first-order valence-electron chi connectivity index (χ1n) is 7.06. The summed E-state index contributed by atoms with van der Waals surface area (Å²) in [6.45, 7) is 4.10. The maximum Gasteiger partial charge on any atom is 0.134 e. The van der Waals surface area contributed by atoms with Gasteiger partial charge in [-0.3, -0.25) is 4.90 Å². The van der Waals surface area contributed by atoms with E-state index in [-0.39, 0.29) is 0 Å². The van der Waals surface area contributed by atoms with Gasteiger partial charge in [0.25, 0.3) is 0 Å². The predicted octanol–water partition coefficient (Wildman–Crippen LogP) is 3.12. The van der Waals surface area contributed by atoms with Crippen LogP contribution in [-0.2, 0) is 6.54 Å². The molecule has 4 nitrogen and oxygen atoms in total. The summed E-state index contributed by atoms with van der Waals surface area (Å²) in [5, 5.41) is 8.84. The lowest BCUT2D eigenvalue weighted by Gasteiger charge is -2.30. The molecule has 0 aliphatic heterocycles. The highest BCUT2D eigenvalue weighted by molar-refractivity contribution is 7.10. The Morgan fingerprint density at radius 3 is 2.83 bits per heavy atom. The fourth-order valence-corrected chi connectivity index (χ4v) is 3.17. The molecule has 1 N–H and O–H groups in total. The topological polar surface area (TPSA) is 41.1 Å². The van der Waals surface area contributed by atoms with Crippen molar-refractivity contribution in [1.29, 1.82) is 0 Å². The van der Waals surface area contributed by atoms with Gasteiger partial charge in [0.2, 0.25) is 0 Å². The van der Waals surface area contributed by atoms with Gasteiger partial charge in [-0.1, -0.05) is 30.7 Å². The minimum atomic E-state index is 0.736. The van der Waals surface area contributed by atoms with Crippen molar-refractivity contribution in [3.8, 4) is 0 Å².